The van der Waals surface area contributed by atoms with Crippen molar-refractivity contribution < 1.29 is 4.39 Å². The Balaban J connectivity index is 1.54. The zero-order valence-corrected chi connectivity index (χ0v) is 14.7. The Kier molecular flexibility index (Phi) is 5.98. The molecule has 2 aromatic carbocycles. The molecule has 2 N–H and O–H groups in total. The molecule has 3 rings (SSSR count). The van der Waals surface area contributed by atoms with Crippen LogP contribution in [0.5, 0.6) is 0 Å². The molecule has 3 aromatic rings. The lowest BCUT2D eigenvalue weighted by Crippen LogP contribution is -2.36. The molecule has 0 bridgehead atoms. The van der Waals surface area contributed by atoms with Crippen molar-refractivity contribution in [3.63, 3.8) is 0 Å². The molecule has 0 aliphatic heterocycles. The minimum absolute atomic E-state index is 0.220. The van der Waals surface area contributed by atoms with Crippen molar-refractivity contribution in [3.8, 4) is 0 Å². The maximum Gasteiger partial charge on any atom is 0.191 e. The van der Waals surface area contributed by atoms with Gasteiger partial charge in [-0.3, -0.25) is 4.99 Å². The van der Waals surface area contributed by atoms with Crippen molar-refractivity contribution in [2.75, 3.05) is 7.05 Å². The van der Waals surface area contributed by atoms with Gasteiger partial charge >= 0.3 is 0 Å². The maximum atomic E-state index is 13.7. The van der Waals surface area contributed by atoms with E-state index >= 15 is 0 Å². The summed E-state index contributed by atoms with van der Waals surface area (Å²) < 4.78 is 15.7. The number of imidazole rings is 1. The van der Waals surface area contributed by atoms with Crippen molar-refractivity contribution in [3.05, 3.63) is 89.8 Å². The highest BCUT2D eigenvalue weighted by Gasteiger charge is 2.03. The van der Waals surface area contributed by atoms with E-state index in [1.54, 1.807) is 31.7 Å². The SMILES string of the molecule is CN=C(NCc1cccc(Cn2ccnc2)c1)NCc1ccccc1F. The fourth-order valence-electron chi connectivity index (χ4n) is 2.66. The normalized spacial score (nSPS) is 11.4. The fourth-order valence-corrected chi connectivity index (χ4v) is 2.66. The van der Waals surface area contributed by atoms with Gasteiger partial charge in [-0.05, 0) is 17.2 Å². The Labute approximate surface area is 152 Å². The summed E-state index contributed by atoms with van der Waals surface area (Å²) in [5, 5.41) is 6.39. The Hall–Kier alpha value is -3.15. The first-order chi connectivity index (χ1) is 12.7. The van der Waals surface area contributed by atoms with Crippen LogP contribution in [-0.4, -0.2) is 22.6 Å². The second kappa shape index (κ2) is 8.80. The Morgan fingerprint density at radius 1 is 1.08 bits per heavy atom. The quantitative estimate of drug-likeness (QED) is 0.530. The van der Waals surface area contributed by atoms with Crippen LogP contribution in [0, 0.1) is 5.82 Å². The van der Waals surface area contributed by atoms with Crippen LogP contribution in [0.15, 0.2) is 72.2 Å². The van der Waals surface area contributed by atoms with Crippen LogP contribution in [0.4, 0.5) is 4.39 Å². The summed E-state index contributed by atoms with van der Waals surface area (Å²) in [4.78, 5) is 8.25. The van der Waals surface area contributed by atoms with Gasteiger partial charge < -0.3 is 15.2 Å². The van der Waals surface area contributed by atoms with Crippen LogP contribution in [0.3, 0.4) is 0 Å². The lowest BCUT2D eigenvalue weighted by molar-refractivity contribution is 0.604. The molecule has 1 aromatic heterocycles. The van der Waals surface area contributed by atoms with Crippen molar-refractivity contribution in [1.29, 1.82) is 0 Å². The molecule has 0 unspecified atom stereocenters. The Morgan fingerprint density at radius 3 is 2.65 bits per heavy atom. The van der Waals surface area contributed by atoms with E-state index in [1.807, 2.05) is 22.9 Å². The molecule has 5 nitrogen and oxygen atoms in total. The summed E-state index contributed by atoms with van der Waals surface area (Å²) in [7, 11) is 1.70. The third kappa shape index (κ3) is 4.92. The first kappa shape index (κ1) is 17.7. The smallest absolute Gasteiger partial charge is 0.191 e. The largest absolute Gasteiger partial charge is 0.352 e. The van der Waals surface area contributed by atoms with Crippen LogP contribution in [0.25, 0.3) is 0 Å². The summed E-state index contributed by atoms with van der Waals surface area (Å²) in [5.74, 6) is 0.413. The van der Waals surface area contributed by atoms with E-state index in [9.17, 15) is 4.39 Å². The van der Waals surface area contributed by atoms with E-state index in [-0.39, 0.29) is 5.82 Å². The summed E-state index contributed by atoms with van der Waals surface area (Å²) in [5.41, 5.74) is 2.96. The number of hydrogen-bond donors (Lipinski definition) is 2. The molecule has 0 aliphatic carbocycles. The second-order valence-corrected chi connectivity index (χ2v) is 5.93. The third-order valence-electron chi connectivity index (χ3n) is 4.00. The van der Waals surface area contributed by atoms with Gasteiger partial charge in [-0.15, -0.1) is 0 Å². The predicted octanol–water partition coefficient (Wildman–Crippen LogP) is 2.94. The summed E-state index contributed by atoms with van der Waals surface area (Å²) in [6, 6.07) is 15.1. The number of nitrogens with one attached hydrogen (secondary N) is 2. The lowest BCUT2D eigenvalue weighted by Gasteiger charge is -2.13. The van der Waals surface area contributed by atoms with E-state index in [2.05, 4.69) is 38.8 Å². The molecule has 0 fully saturated rings. The van der Waals surface area contributed by atoms with Gasteiger partial charge in [0.05, 0.1) is 6.33 Å². The van der Waals surface area contributed by atoms with E-state index in [1.165, 1.54) is 11.6 Å². The monoisotopic (exact) mass is 351 g/mol. The van der Waals surface area contributed by atoms with Gasteiger partial charge in [0.15, 0.2) is 5.96 Å². The van der Waals surface area contributed by atoms with Gasteiger partial charge in [0, 0.05) is 44.6 Å². The number of rotatable bonds is 6. The molecule has 1 heterocycles. The van der Waals surface area contributed by atoms with Crippen molar-refractivity contribution in [2.24, 2.45) is 4.99 Å². The molecule has 0 radical (unpaired) electrons. The average molecular weight is 351 g/mol. The first-order valence-electron chi connectivity index (χ1n) is 8.46. The maximum absolute atomic E-state index is 13.7. The predicted molar refractivity (Wildman–Crippen MR) is 101 cm³/mol. The molecule has 0 aliphatic rings. The average Bonchev–Trinajstić information content (AvgIpc) is 3.16. The standard InChI is InChI=1S/C20H22FN5/c1-22-20(25-13-18-7-2-3-8-19(18)21)24-12-16-5-4-6-17(11-16)14-26-10-9-23-15-26/h2-11,15H,12-14H2,1H3,(H2,22,24,25). The molecule has 26 heavy (non-hydrogen) atoms. The molecular formula is C20H22FN5. The van der Waals surface area contributed by atoms with Crippen LogP contribution >= 0.6 is 0 Å². The summed E-state index contributed by atoms with van der Waals surface area (Å²) in [6.07, 6.45) is 5.52. The molecule has 0 atom stereocenters. The lowest BCUT2D eigenvalue weighted by atomic mass is 10.1. The van der Waals surface area contributed by atoms with Crippen molar-refractivity contribution in [1.82, 2.24) is 20.2 Å². The number of aliphatic imine (C=N–C) groups is 1. The van der Waals surface area contributed by atoms with Crippen LogP contribution in [0.2, 0.25) is 0 Å². The van der Waals surface area contributed by atoms with Crippen molar-refractivity contribution in [2.45, 2.75) is 19.6 Å². The van der Waals surface area contributed by atoms with E-state index < -0.39 is 0 Å². The topological polar surface area (TPSA) is 54.2 Å². The Morgan fingerprint density at radius 2 is 1.88 bits per heavy atom. The molecule has 0 spiro atoms. The van der Waals surface area contributed by atoms with Gasteiger partial charge in [-0.2, -0.15) is 0 Å². The molecule has 6 heteroatoms. The molecular weight excluding hydrogens is 329 g/mol. The summed E-state index contributed by atoms with van der Waals surface area (Å²) in [6.45, 7) is 1.80. The van der Waals surface area contributed by atoms with Crippen molar-refractivity contribution >= 4 is 5.96 Å². The highest BCUT2D eigenvalue weighted by molar-refractivity contribution is 5.79. The van der Waals surface area contributed by atoms with Gasteiger partial charge in [0.25, 0.3) is 0 Å². The van der Waals surface area contributed by atoms with Crippen LogP contribution in [-0.2, 0) is 19.6 Å². The number of halogens is 1. The number of aromatic nitrogens is 2. The number of guanidine groups is 1. The first-order valence-corrected chi connectivity index (χ1v) is 8.46. The molecule has 0 saturated carbocycles. The molecule has 0 saturated heterocycles. The number of benzene rings is 2. The fraction of sp³-hybridized carbons (Fsp3) is 0.200. The minimum atomic E-state index is -0.220. The third-order valence-corrected chi connectivity index (χ3v) is 4.00. The Bertz CT molecular complexity index is 858. The highest BCUT2D eigenvalue weighted by Crippen LogP contribution is 2.08. The molecule has 0 amide bonds. The van der Waals surface area contributed by atoms with Crippen LogP contribution in [0.1, 0.15) is 16.7 Å². The summed E-state index contributed by atoms with van der Waals surface area (Å²) >= 11 is 0. The van der Waals surface area contributed by atoms with E-state index in [4.69, 9.17) is 0 Å². The molecule has 134 valence electrons. The van der Waals surface area contributed by atoms with Gasteiger partial charge in [0.2, 0.25) is 0 Å². The zero-order valence-electron chi connectivity index (χ0n) is 14.7. The zero-order chi connectivity index (χ0) is 18.2. The van der Waals surface area contributed by atoms with E-state index in [0.717, 1.165) is 12.1 Å². The van der Waals surface area contributed by atoms with Gasteiger partial charge in [-0.1, -0.05) is 42.5 Å². The second-order valence-electron chi connectivity index (χ2n) is 5.93. The minimum Gasteiger partial charge on any atom is -0.352 e. The van der Waals surface area contributed by atoms with Crippen LogP contribution < -0.4 is 10.6 Å². The number of nitrogens with zero attached hydrogens (tertiary/aromatic N) is 3. The van der Waals surface area contributed by atoms with E-state index in [0.29, 0.717) is 24.6 Å². The van der Waals surface area contributed by atoms with Gasteiger partial charge in [-0.25, -0.2) is 9.37 Å². The highest BCUT2D eigenvalue weighted by atomic mass is 19.1. The van der Waals surface area contributed by atoms with Gasteiger partial charge in [0.1, 0.15) is 5.82 Å². The number of hydrogen-bond acceptors (Lipinski definition) is 2.